The summed E-state index contributed by atoms with van der Waals surface area (Å²) >= 11 is 0. The van der Waals surface area contributed by atoms with Gasteiger partial charge in [0.2, 0.25) is 5.91 Å². The first-order chi connectivity index (χ1) is 8.42. The van der Waals surface area contributed by atoms with Crippen LogP contribution in [0.25, 0.3) is 0 Å². The molecule has 0 spiro atoms. The van der Waals surface area contributed by atoms with Crippen molar-refractivity contribution in [1.29, 1.82) is 0 Å². The number of nitrogens with two attached hydrogens (primary N) is 1. The van der Waals surface area contributed by atoms with Crippen LogP contribution in [0.5, 0.6) is 0 Å². The molecule has 3 nitrogen and oxygen atoms in total. The predicted molar refractivity (Wildman–Crippen MR) is 80.5 cm³/mol. The van der Waals surface area contributed by atoms with Crippen LogP contribution in [0.1, 0.15) is 50.8 Å². The van der Waals surface area contributed by atoms with Gasteiger partial charge in [0.15, 0.2) is 0 Å². The number of nitrogens with one attached hydrogen (secondary N) is 1. The van der Waals surface area contributed by atoms with E-state index in [1.165, 1.54) is 11.1 Å². The molecule has 1 aromatic rings. The molecule has 1 aliphatic carbocycles. The molecule has 3 N–H and O–H groups in total. The van der Waals surface area contributed by atoms with Crippen molar-refractivity contribution in [2.45, 2.75) is 51.1 Å². The van der Waals surface area contributed by atoms with E-state index in [0.29, 0.717) is 0 Å². The molecule has 0 saturated heterocycles. The lowest BCUT2D eigenvalue weighted by atomic mass is 9.71. The number of rotatable bonds is 2. The van der Waals surface area contributed by atoms with Crippen LogP contribution >= 0.6 is 12.4 Å². The number of fused-ring (bicyclic) bond motifs is 1. The second-order valence-electron chi connectivity index (χ2n) is 5.86. The highest BCUT2D eigenvalue weighted by Gasteiger charge is 2.33. The van der Waals surface area contributed by atoms with Crippen molar-refractivity contribution in [2.24, 2.45) is 5.73 Å². The van der Waals surface area contributed by atoms with Crippen LogP contribution in [0.3, 0.4) is 0 Å². The normalized spacial score (nSPS) is 21.8. The Kier molecular flexibility index (Phi) is 4.99. The maximum Gasteiger partial charge on any atom is 0.237 e. The van der Waals surface area contributed by atoms with E-state index in [-0.39, 0.29) is 29.8 Å². The molecule has 1 aromatic carbocycles. The summed E-state index contributed by atoms with van der Waals surface area (Å²) in [5.41, 5.74) is 8.38. The minimum atomic E-state index is -0.452. The first kappa shape index (κ1) is 16.0. The average molecular weight is 283 g/mol. The molecule has 0 bridgehead atoms. The molecule has 0 aliphatic heterocycles. The van der Waals surface area contributed by atoms with Crippen molar-refractivity contribution in [3.63, 3.8) is 0 Å². The van der Waals surface area contributed by atoms with Crippen LogP contribution in [0.15, 0.2) is 24.3 Å². The SMILES string of the molecule is C[C@H](N)C(=O)NC1CCC(C)(C)c2ccccc21.Cl. The number of carbonyl (C=O) groups is 1. The van der Waals surface area contributed by atoms with Crippen LogP contribution in [0.4, 0.5) is 0 Å². The molecule has 106 valence electrons. The molecule has 4 heteroatoms. The third-order valence-electron chi connectivity index (χ3n) is 3.85. The number of halogens is 1. The van der Waals surface area contributed by atoms with Crippen LogP contribution in [0.2, 0.25) is 0 Å². The van der Waals surface area contributed by atoms with Gasteiger partial charge in [0.25, 0.3) is 0 Å². The lowest BCUT2D eigenvalue weighted by Crippen LogP contribution is -2.42. The van der Waals surface area contributed by atoms with Crippen molar-refractivity contribution in [1.82, 2.24) is 5.32 Å². The molecule has 0 radical (unpaired) electrons. The van der Waals surface area contributed by atoms with Gasteiger partial charge in [0.1, 0.15) is 0 Å². The molecule has 19 heavy (non-hydrogen) atoms. The summed E-state index contributed by atoms with van der Waals surface area (Å²) in [7, 11) is 0. The molecule has 0 aromatic heterocycles. The highest BCUT2D eigenvalue weighted by molar-refractivity contribution is 5.85. The van der Waals surface area contributed by atoms with Gasteiger partial charge in [-0.1, -0.05) is 38.1 Å². The standard InChI is InChI=1S/C15H22N2O.ClH/c1-10(16)14(18)17-13-8-9-15(2,3)12-7-5-4-6-11(12)13;/h4-7,10,13H,8-9,16H2,1-3H3,(H,17,18);1H/t10-,13?;/m0./s1. The van der Waals surface area contributed by atoms with E-state index in [2.05, 4.69) is 37.4 Å². The zero-order valence-corrected chi connectivity index (χ0v) is 12.6. The highest BCUT2D eigenvalue weighted by atomic mass is 35.5. The fourth-order valence-corrected chi connectivity index (χ4v) is 2.67. The van der Waals surface area contributed by atoms with E-state index in [9.17, 15) is 4.79 Å². The summed E-state index contributed by atoms with van der Waals surface area (Å²) in [6.45, 7) is 6.23. The topological polar surface area (TPSA) is 55.1 Å². The van der Waals surface area contributed by atoms with Crippen LogP contribution in [0, 0.1) is 0 Å². The molecule has 1 unspecified atom stereocenters. The second-order valence-corrected chi connectivity index (χ2v) is 5.86. The van der Waals surface area contributed by atoms with Crippen LogP contribution in [-0.2, 0) is 10.2 Å². The highest BCUT2D eigenvalue weighted by Crippen LogP contribution is 2.41. The van der Waals surface area contributed by atoms with Gasteiger partial charge in [-0.05, 0) is 36.3 Å². The summed E-state index contributed by atoms with van der Waals surface area (Å²) < 4.78 is 0. The Labute approximate surface area is 121 Å². The van der Waals surface area contributed by atoms with Crippen molar-refractivity contribution in [3.05, 3.63) is 35.4 Å². The summed E-state index contributed by atoms with van der Waals surface area (Å²) in [4.78, 5) is 11.7. The minimum Gasteiger partial charge on any atom is -0.348 e. The van der Waals surface area contributed by atoms with Gasteiger partial charge in [-0.3, -0.25) is 4.79 Å². The van der Waals surface area contributed by atoms with E-state index in [0.717, 1.165) is 12.8 Å². The van der Waals surface area contributed by atoms with E-state index in [1.54, 1.807) is 6.92 Å². The fraction of sp³-hybridized carbons (Fsp3) is 0.533. The van der Waals surface area contributed by atoms with Crippen molar-refractivity contribution in [2.75, 3.05) is 0 Å². The van der Waals surface area contributed by atoms with E-state index in [1.807, 2.05) is 6.07 Å². The molecule has 2 atom stereocenters. The molecule has 1 aliphatic rings. The molecule has 1 amide bonds. The van der Waals surface area contributed by atoms with Crippen molar-refractivity contribution in [3.8, 4) is 0 Å². The fourth-order valence-electron chi connectivity index (χ4n) is 2.67. The maximum absolute atomic E-state index is 11.7. The van der Waals surface area contributed by atoms with Gasteiger partial charge in [0.05, 0.1) is 12.1 Å². The van der Waals surface area contributed by atoms with E-state index < -0.39 is 6.04 Å². The molecule has 0 heterocycles. The van der Waals surface area contributed by atoms with Gasteiger partial charge >= 0.3 is 0 Å². The van der Waals surface area contributed by atoms with E-state index >= 15 is 0 Å². The summed E-state index contributed by atoms with van der Waals surface area (Å²) in [6.07, 6.45) is 2.05. The molecule has 0 saturated carbocycles. The number of benzene rings is 1. The summed E-state index contributed by atoms with van der Waals surface area (Å²) in [5, 5.41) is 3.05. The van der Waals surface area contributed by atoms with Gasteiger partial charge in [-0.25, -0.2) is 0 Å². The summed E-state index contributed by atoms with van der Waals surface area (Å²) in [5.74, 6) is -0.0745. The van der Waals surface area contributed by atoms with Gasteiger partial charge in [0, 0.05) is 0 Å². The third-order valence-corrected chi connectivity index (χ3v) is 3.85. The Morgan fingerprint density at radius 1 is 1.42 bits per heavy atom. The van der Waals surface area contributed by atoms with Crippen LogP contribution < -0.4 is 11.1 Å². The van der Waals surface area contributed by atoms with Crippen LogP contribution in [-0.4, -0.2) is 11.9 Å². The number of amides is 1. The lowest BCUT2D eigenvalue weighted by Gasteiger charge is -2.37. The van der Waals surface area contributed by atoms with Gasteiger partial charge < -0.3 is 11.1 Å². The number of hydrogen-bond donors (Lipinski definition) is 2. The smallest absolute Gasteiger partial charge is 0.237 e. The third kappa shape index (κ3) is 3.28. The van der Waals surface area contributed by atoms with Crippen molar-refractivity contribution < 1.29 is 4.79 Å². The Morgan fingerprint density at radius 2 is 2.05 bits per heavy atom. The Bertz CT molecular complexity index is 457. The Morgan fingerprint density at radius 3 is 2.68 bits per heavy atom. The number of carbonyl (C=O) groups excluding carboxylic acids is 1. The Balaban J connectivity index is 0.00000180. The molecular formula is C15H23ClN2O. The zero-order chi connectivity index (χ0) is 13.3. The monoisotopic (exact) mass is 282 g/mol. The minimum absolute atomic E-state index is 0. The first-order valence-corrected chi connectivity index (χ1v) is 6.57. The average Bonchev–Trinajstić information content (AvgIpc) is 2.33. The summed E-state index contributed by atoms with van der Waals surface area (Å²) in [6, 6.07) is 8.03. The molecule has 0 fully saturated rings. The quantitative estimate of drug-likeness (QED) is 0.876. The largest absolute Gasteiger partial charge is 0.348 e. The van der Waals surface area contributed by atoms with Gasteiger partial charge in [-0.2, -0.15) is 0 Å². The van der Waals surface area contributed by atoms with E-state index in [4.69, 9.17) is 5.73 Å². The number of hydrogen-bond acceptors (Lipinski definition) is 2. The Hall–Kier alpha value is -1.06. The second kappa shape index (κ2) is 5.93. The maximum atomic E-state index is 11.7. The molecule has 2 rings (SSSR count). The molecular weight excluding hydrogens is 260 g/mol. The van der Waals surface area contributed by atoms with Crippen molar-refractivity contribution >= 4 is 18.3 Å². The zero-order valence-electron chi connectivity index (χ0n) is 11.8. The van der Waals surface area contributed by atoms with Gasteiger partial charge in [-0.15, -0.1) is 12.4 Å². The lowest BCUT2D eigenvalue weighted by molar-refractivity contribution is -0.122. The first-order valence-electron chi connectivity index (χ1n) is 6.57. The predicted octanol–water partition coefficient (Wildman–Crippen LogP) is 2.68.